The molecule has 100 valence electrons. The Hall–Kier alpha value is -1.88. The number of benzene rings is 1. The van der Waals surface area contributed by atoms with Gasteiger partial charge in [-0.25, -0.2) is 4.79 Å². The average molecular weight is 277 g/mol. The minimum Gasteiger partial charge on any atom is -0.463 e. The minimum absolute atomic E-state index is 0.219. The normalized spacial score (nSPS) is 10.2. The zero-order valence-corrected chi connectivity index (χ0v) is 11.6. The number of carbonyl (C=O) groups is 1. The van der Waals surface area contributed by atoms with Crippen LogP contribution in [0.1, 0.15) is 16.3 Å². The van der Waals surface area contributed by atoms with Crippen molar-refractivity contribution in [2.24, 2.45) is 0 Å². The Bertz CT molecular complexity index is 548. The highest BCUT2D eigenvalue weighted by molar-refractivity contribution is 7.98. The number of hydrogen-bond donors (Lipinski definition) is 1. The van der Waals surface area contributed by atoms with Crippen molar-refractivity contribution in [2.75, 3.05) is 18.7 Å². The van der Waals surface area contributed by atoms with E-state index in [4.69, 9.17) is 4.42 Å². The van der Waals surface area contributed by atoms with Crippen molar-refractivity contribution in [1.29, 1.82) is 0 Å². The van der Waals surface area contributed by atoms with Gasteiger partial charge in [0.25, 0.3) is 0 Å². The lowest BCUT2D eigenvalue weighted by Gasteiger charge is -2.05. The molecule has 1 aromatic heterocycles. The first kappa shape index (κ1) is 13.5. The predicted octanol–water partition coefficient (Wildman–Crippen LogP) is 3.40. The van der Waals surface area contributed by atoms with Gasteiger partial charge in [-0.1, -0.05) is 0 Å². The Labute approximate surface area is 116 Å². The van der Waals surface area contributed by atoms with Crippen molar-refractivity contribution >= 4 is 23.4 Å². The molecular formula is C14H15NO3S. The molecule has 5 heteroatoms. The number of furan rings is 1. The fraction of sp³-hybridized carbons (Fsp3) is 0.214. The highest BCUT2D eigenvalue weighted by Crippen LogP contribution is 2.18. The predicted molar refractivity (Wildman–Crippen MR) is 75.6 cm³/mol. The van der Waals surface area contributed by atoms with E-state index in [1.807, 2.05) is 18.4 Å². The fourth-order valence-corrected chi connectivity index (χ4v) is 1.99. The van der Waals surface area contributed by atoms with E-state index in [0.29, 0.717) is 12.3 Å². The van der Waals surface area contributed by atoms with Crippen molar-refractivity contribution < 1.29 is 13.9 Å². The molecule has 2 rings (SSSR count). The van der Waals surface area contributed by atoms with Crippen LogP contribution in [0.4, 0.5) is 5.69 Å². The standard InChI is InChI=1S/C14H15NO3S/c1-17-14(16)13-8-5-11(18-13)9-15-10-3-6-12(19-2)7-4-10/h3-8,15H,9H2,1-2H3. The highest BCUT2D eigenvalue weighted by Gasteiger charge is 2.10. The first-order valence-corrected chi connectivity index (χ1v) is 7.00. The number of hydrogen-bond acceptors (Lipinski definition) is 5. The number of nitrogens with one attached hydrogen (secondary N) is 1. The Balaban J connectivity index is 1.94. The summed E-state index contributed by atoms with van der Waals surface area (Å²) >= 11 is 1.70. The maximum atomic E-state index is 11.2. The lowest BCUT2D eigenvalue weighted by Crippen LogP contribution is -2.00. The minimum atomic E-state index is -0.462. The summed E-state index contributed by atoms with van der Waals surface area (Å²) in [4.78, 5) is 12.5. The molecule has 1 N–H and O–H groups in total. The van der Waals surface area contributed by atoms with E-state index < -0.39 is 5.97 Å². The Kier molecular flexibility index (Phi) is 4.52. The molecule has 0 spiro atoms. The molecule has 1 heterocycles. The van der Waals surface area contributed by atoms with Gasteiger partial charge in [0.1, 0.15) is 5.76 Å². The molecule has 0 aliphatic carbocycles. The number of esters is 1. The maximum Gasteiger partial charge on any atom is 0.373 e. The number of thioether (sulfide) groups is 1. The van der Waals surface area contributed by atoms with Crippen molar-refractivity contribution in [3.63, 3.8) is 0 Å². The van der Waals surface area contributed by atoms with E-state index in [0.717, 1.165) is 5.69 Å². The Morgan fingerprint density at radius 2 is 2.00 bits per heavy atom. The van der Waals surface area contributed by atoms with Gasteiger partial charge in [0.2, 0.25) is 5.76 Å². The van der Waals surface area contributed by atoms with Crippen LogP contribution in [0.5, 0.6) is 0 Å². The average Bonchev–Trinajstić information content (AvgIpc) is 2.93. The van der Waals surface area contributed by atoms with E-state index in [1.165, 1.54) is 12.0 Å². The van der Waals surface area contributed by atoms with E-state index >= 15 is 0 Å². The molecule has 0 radical (unpaired) electrons. The third kappa shape index (κ3) is 3.54. The van der Waals surface area contributed by atoms with Crippen LogP contribution in [-0.2, 0) is 11.3 Å². The second kappa shape index (κ2) is 6.33. The van der Waals surface area contributed by atoms with Gasteiger partial charge < -0.3 is 14.5 Å². The number of anilines is 1. The third-order valence-corrected chi connectivity index (χ3v) is 3.35. The zero-order chi connectivity index (χ0) is 13.7. The molecule has 0 amide bonds. The Morgan fingerprint density at radius 3 is 2.63 bits per heavy atom. The SMILES string of the molecule is COC(=O)c1ccc(CNc2ccc(SC)cc2)o1. The van der Waals surface area contributed by atoms with Gasteiger partial charge in [-0.3, -0.25) is 0 Å². The van der Waals surface area contributed by atoms with Gasteiger partial charge in [-0.05, 0) is 42.7 Å². The summed E-state index contributed by atoms with van der Waals surface area (Å²) in [5.74, 6) is 0.446. The highest BCUT2D eigenvalue weighted by atomic mass is 32.2. The van der Waals surface area contributed by atoms with Crippen molar-refractivity contribution in [3.8, 4) is 0 Å². The molecule has 19 heavy (non-hydrogen) atoms. The molecule has 4 nitrogen and oxygen atoms in total. The van der Waals surface area contributed by atoms with Crippen LogP contribution < -0.4 is 5.32 Å². The molecule has 0 unspecified atom stereocenters. The summed E-state index contributed by atoms with van der Waals surface area (Å²) in [6.45, 7) is 0.523. The molecule has 0 atom stereocenters. The molecule has 0 saturated carbocycles. The first-order valence-electron chi connectivity index (χ1n) is 5.78. The van der Waals surface area contributed by atoms with Crippen LogP contribution in [0.25, 0.3) is 0 Å². The summed E-state index contributed by atoms with van der Waals surface area (Å²) in [6.07, 6.45) is 2.04. The summed E-state index contributed by atoms with van der Waals surface area (Å²) < 4.78 is 9.94. The van der Waals surface area contributed by atoms with Gasteiger partial charge in [-0.2, -0.15) is 0 Å². The molecule has 0 aliphatic rings. The van der Waals surface area contributed by atoms with Gasteiger partial charge in [0.15, 0.2) is 0 Å². The summed E-state index contributed by atoms with van der Waals surface area (Å²) in [5, 5.41) is 3.23. The van der Waals surface area contributed by atoms with E-state index in [2.05, 4.69) is 22.2 Å². The summed E-state index contributed by atoms with van der Waals surface area (Å²) in [7, 11) is 1.33. The second-order valence-corrected chi connectivity index (χ2v) is 4.72. The third-order valence-electron chi connectivity index (χ3n) is 2.60. The van der Waals surface area contributed by atoms with Gasteiger partial charge >= 0.3 is 5.97 Å². The van der Waals surface area contributed by atoms with Crippen LogP contribution >= 0.6 is 11.8 Å². The Morgan fingerprint density at radius 1 is 1.26 bits per heavy atom. The lowest BCUT2D eigenvalue weighted by molar-refractivity contribution is 0.0563. The second-order valence-electron chi connectivity index (χ2n) is 3.84. The fourth-order valence-electron chi connectivity index (χ4n) is 1.58. The van der Waals surface area contributed by atoms with Crippen LogP contribution in [-0.4, -0.2) is 19.3 Å². The molecule has 0 aliphatic heterocycles. The lowest BCUT2D eigenvalue weighted by atomic mass is 10.3. The summed E-state index contributed by atoms with van der Waals surface area (Å²) in [6, 6.07) is 11.5. The number of ether oxygens (including phenoxy) is 1. The largest absolute Gasteiger partial charge is 0.463 e. The van der Waals surface area contributed by atoms with Gasteiger partial charge in [-0.15, -0.1) is 11.8 Å². The quantitative estimate of drug-likeness (QED) is 0.670. The topological polar surface area (TPSA) is 51.5 Å². The number of rotatable bonds is 5. The number of carbonyl (C=O) groups excluding carboxylic acids is 1. The molecule has 0 saturated heterocycles. The molecule has 1 aromatic carbocycles. The molecular weight excluding hydrogens is 262 g/mol. The van der Waals surface area contributed by atoms with Crippen molar-refractivity contribution in [2.45, 2.75) is 11.4 Å². The van der Waals surface area contributed by atoms with Crippen LogP contribution in [0.15, 0.2) is 45.7 Å². The molecule has 0 fully saturated rings. The molecule has 2 aromatic rings. The monoisotopic (exact) mass is 277 g/mol. The maximum absolute atomic E-state index is 11.2. The smallest absolute Gasteiger partial charge is 0.373 e. The van der Waals surface area contributed by atoms with Crippen LogP contribution in [0.3, 0.4) is 0 Å². The van der Waals surface area contributed by atoms with E-state index in [1.54, 1.807) is 23.9 Å². The molecule has 0 bridgehead atoms. The van der Waals surface area contributed by atoms with Crippen molar-refractivity contribution in [1.82, 2.24) is 0 Å². The van der Waals surface area contributed by atoms with E-state index in [9.17, 15) is 4.79 Å². The van der Waals surface area contributed by atoms with Crippen LogP contribution in [0.2, 0.25) is 0 Å². The number of methoxy groups -OCH3 is 1. The van der Waals surface area contributed by atoms with Gasteiger partial charge in [0, 0.05) is 10.6 Å². The zero-order valence-electron chi connectivity index (χ0n) is 10.8. The summed E-state index contributed by atoms with van der Waals surface area (Å²) in [5.41, 5.74) is 1.01. The van der Waals surface area contributed by atoms with Gasteiger partial charge in [0.05, 0.1) is 13.7 Å². The van der Waals surface area contributed by atoms with Crippen molar-refractivity contribution in [3.05, 3.63) is 47.9 Å². The first-order chi connectivity index (χ1) is 9.22. The van der Waals surface area contributed by atoms with Crippen LogP contribution in [0, 0.1) is 0 Å². The van der Waals surface area contributed by atoms with E-state index in [-0.39, 0.29) is 5.76 Å².